The molecule has 0 atom stereocenters. The number of aryl methyl sites for hydroxylation is 1. The maximum Gasteiger partial charge on any atom is 0.337 e. The second-order valence-electron chi connectivity index (χ2n) is 2.49. The third-order valence-electron chi connectivity index (χ3n) is 1.58. The highest BCUT2D eigenvalue weighted by Crippen LogP contribution is 2.24. The molecule has 0 radical (unpaired) electrons. The molecule has 1 heterocycles. The average molecular weight is 217 g/mol. The summed E-state index contributed by atoms with van der Waals surface area (Å²) >= 11 is 5.46. The first-order chi connectivity index (χ1) is 6.43. The molecular formula is C7H5ClN2O4. The Balaban J connectivity index is 3.42. The second kappa shape index (κ2) is 3.59. The minimum atomic E-state index is -1.27. The van der Waals surface area contributed by atoms with Crippen LogP contribution in [0.2, 0.25) is 5.15 Å². The third-order valence-corrected chi connectivity index (χ3v) is 1.85. The standard InChI is InChI=1S/C7H5ClN2O4/c1-3-4(7(11)12)2-5(10(13)14)6(8)9-3/h2H,1H3,(H,11,12). The van der Waals surface area contributed by atoms with Gasteiger partial charge in [0.1, 0.15) is 0 Å². The number of rotatable bonds is 2. The van der Waals surface area contributed by atoms with Gasteiger partial charge in [-0.25, -0.2) is 9.78 Å². The first-order valence-electron chi connectivity index (χ1n) is 3.48. The van der Waals surface area contributed by atoms with Crippen LogP contribution in [0, 0.1) is 17.0 Å². The van der Waals surface area contributed by atoms with Crippen molar-refractivity contribution in [2.24, 2.45) is 0 Å². The van der Waals surface area contributed by atoms with Gasteiger partial charge >= 0.3 is 11.7 Å². The molecule has 0 amide bonds. The van der Waals surface area contributed by atoms with Crippen molar-refractivity contribution in [3.63, 3.8) is 0 Å². The molecule has 1 N–H and O–H groups in total. The van der Waals surface area contributed by atoms with Crippen LogP contribution in [0.15, 0.2) is 6.07 Å². The van der Waals surface area contributed by atoms with Crippen LogP contribution < -0.4 is 0 Å². The summed E-state index contributed by atoms with van der Waals surface area (Å²) in [6.07, 6.45) is 0. The zero-order chi connectivity index (χ0) is 10.9. The Bertz CT molecular complexity index is 383. The predicted molar refractivity (Wildman–Crippen MR) is 47.6 cm³/mol. The number of carboxylic acids is 1. The van der Waals surface area contributed by atoms with Crippen LogP contribution in [0.1, 0.15) is 16.1 Å². The predicted octanol–water partition coefficient (Wildman–Crippen LogP) is 1.65. The van der Waals surface area contributed by atoms with Gasteiger partial charge in [-0.05, 0) is 6.92 Å². The topological polar surface area (TPSA) is 93.3 Å². The van der Waals surface area contributed by atoms with Crippen molar-refractivity contribution in [1.29, 1.82) is 0 Å². The van der Waals surface area contributed by atoms with Gasteiger partial charge in [0.25, 0.3) is 0 Å². The third kappa shape index (κ3) is 1.80. The number of hydrogen-bond acceptors (Lipinski definition) is 4. The maximum absolute atomic E-state index is 10.6. The van der Waals surface area contributed by atoms with Gasteiger partial charge in [0.05, 0.1) is 16.2 Å². The van der Waals surface area contributed by atoms with Gasteiger partial charge in [0, 0.05) is 6.07 Å². The minimum Gasteiger partial charge on any atom is -0.478 e. The Labute approximate surface area is 83.3 Å². The summed E-state index contributed by atoms with van der Waals surface area (Å²) in [4.78, 5) is 23.8. The molecule has 0 aliphatic rings. The number of pyridine rings is 1. The van der Waals surface area contributed by atoms with Gasteiger partial charge in [-0.15, -0.1) is 0 Å². The van der Waals surface area contributed by atoms with Crippen LogP contribution in [0.3, 0.4) is 0 Å². The number of nitrogens with zero attached hydrogens (tertiary/aromatic N) is 2. The Hall–Kier alpha value is -1.69. The van der Waals surface area contributed by atoms with Crippen molar-refractivity contribution in [3.05, 3.63) is 32.6 Å². The number of nitro groups is 1. The number of carbonyl (C=O) groups is 1. The lowest BCUT2D eigenvalue weighted by Gasteiger charge is -2.00. The molecule has 0 saturated heterocycles. The highest BCUT2D eigenvalue weighted by atomic mass is 35.5. The van der Waals surface area contributed by atoms with Crippen molar-refractivity contribution in [2.75, 3.05) is 0 Å². The van der Waals surface area contributed by atoms with Gasteiger partial charge in [-0.2, -0.15) is 0 Å². The van der Waals surface area contributed by atoms with E-state index in [1.807, 2.05) is 0 Å². The molecule has 0 aromatic carbocycles. The lowest BCUT2D eigenvalue weighted by atomic mass is 10.2. The molecule has 1 aromatic rings. The van der Waals surface area contributed by atoms with Crippen molar-refractivity contribution < 1.29 is 14.8 Å². The minimum absolute atomic E-state index is 0.146. The van der Waals surface area contributed by atoms with Crippen LogP contribution in [-0.4, -0.2) is 21.0 Å². The Kier molecular flexibility index (Phi) is 2.66. The summed E-state index contributed by atoms with van der Waals surface area (Å²) in [6, 6.07) is 0.896. The molecule has 14 heavy (non-hydrogen) atoms. The summed E-state index contributed by atoms with van der Waals surface area (Å²) in [6.45, 7) is 1.42. The van der Waals surface area contributed by atoms with E-state index in [2.05, 4.69) is 4.98 Å². The Morgan fingerprint density at radius 1 is 1.71 bits per heavy atom. The van der Waals surface area contributed by atoms with Gasteiger partial charge in [0.15, 0.2) is 0 Å². The van der Waals surface area contributed by atoms with E-state index in [0.29, 0.717) is 0 Å². The molecule has 1 aromatic heterocycles. The zero-order valence-electron chi connectivity index (χ0n) is 7.02. The van der Waals surface area contributed by atoms with E-state index >= 15 is 0 Å². The maximum atomic E-state index is 10.6. The molecule has 74 valence electrons. The van der Waals surface area contributed by atoms with Crippen LogP contribution in [0.25, 0.3) is 0 Å². The molecule has 0 aliphatic heterocycles. The molecule has 6 nitrogen and oxygen atoms in total. The molecule has 0 aliphatic carbocycles. The fourth-order valence-corrected chi connectivity index (χ4v) is 1.16. The van der Waals surface area contributed by atoms with Gasteiger partial charge in [-0.1, -0.05) is 11.6 Å². The number of carboxylic acid groups (broad SMARTS) is 1. The molecule has 0 spiro atoms. The Morgan fingerprint density at radius 2 is 2.29 bits per heavy atom. The summed E-state index contributed by atoms with van der Waals surface area (Å²) in [5.41, 5.74) is -0.580. The van der Waals surface area contributed by atoms with Crippen molar-refractivity contribution in [3.8, 4) is 0 Å². The lowest BCUT2D eigenvalue weighted by molar-refractivity contribution is -0.385. The molecule has 0 saturated carbocycles. The summed E-state index contributed by atoms with van der Waals surface area (Å²) in [5, 5.41) is 18.7. The number of halogens is 1. The van der Waals surface area contributed by atoms with Crippen LogP contribution in [0.4, 0.5) is 5.69 Å². The van der Waals surface area contributed by atoms with E-state index in [1.54, 1.807) is 0 Å². The number of hydrogen-bond donors (Lipinski definition) is 1. The van der Waals surface area contributed by atoms with Gasteiger partial charge < -0.3 is 5.11 Å². The van der Waals surface area contributed by atoms with E-state index in [-0.39, 0.29) is 16.4 Å². The largest absolute Gasteiger partial charge is 0.478 e. The van der Waals surface area contributed by atoms with Crippen molar-refractivity contribution in [1.82, 2.24) is 4.98 Å². The molecule has 7 heteroatoms. The molecule has 0 bridgehead atoms. The number of aromatic nitrogens is 1. The number of aromatic carboxylic acids is 1. The summed E-state index contributed by atoms with van der Waals surface area (Å²) in [5.74, 6) is -1.27. The SMILES string of the molecule is Cc1nc(Cl)c([N+](=O)[O-])cc1C(=O)O. The first kappa shape index (κ1) is 10.4. The fraction of sp³-hybridized carbons (Fsp3) is 0.143. The average Bonchev–Trinajstić information content (AvgIpc) is 2.02. The summed E-state index contributed by atoms with van der Waals surface area (Å²) in [7, 11) is 0. The Morgan fingerprint density at radius 3 is 2.71 bits per heavy atom. The van der Waals surface area contributed by atoms with E-state index in [4.69, 9.17) is 16.7 Å². The molecule has 0 unspecified atom stereocenters. The first-order valence-corrected chi connectivity index (χ1v) is 3.86. The zero-order valence-corrected chi connectivity index (χ0v) is 7.78. The van der Waals surface area contributed by atoms with E-state index in [9.17, 15) is 14.9 Å². The fourth-order valence-electron chi connectivity index (χ4n) is 0.910. The molecule has 1 rings (SSSR count). The highest BCUT2D eigenvalue weighted by Gasteiger charge is 2.19. The van der Waals surface area contributed by atoms with E-state index in [1.165, 1.54) is 6.92 Å². The lowest BCUT2D eigenvalue weighted by Crippen LogP contribution is -2.04. The quantitative estimate of drug-likeness (QED) is 0.461. The highest BCUT2D eigenvalue weighted by molar-refractivity contribution is 6.31. The molecular weight excluding hydrogens is 212 g/mol. The van der Waals surface area contributed by atoms with Crippen molar-refractivity contribution >= 4 is 23.3 Å². The van der Waals surface area contributed by atoms with Gasteiger partial charge in [-0.3, -0.25) is 10.1 Å². The van der Waals surface area contributed by atoms with Crippen LogP contribution in [0.5, 0.6) is 0 Å². The monoisotopic (exact) mass is 216 g/mol. The smallest absolute Gasteiger partial charge is 0.337 e. The molecule has 0 fully saturated rings. The van der Waals surface area contributed by atoms with E-state index < -0.39 is 16.6 Å². The van der Waals surface area contributed by atoms with E-state index in [0.717, 1.165) is 6.07 Å². The van der Waals surface area contributed by atoms with Crippen LogP contribution >= 0.6 is 11.6 Å². The van der Waals surface area contributed by atoms with Gasteiger partial charge in [0.2, 0.25) is 5.15 Å². The van der Waals surface area contributed by atoms with Crippen LogP contribution in [-0.2, 0) is 0 Å². The summed E-state index contributed by atoms with van der Waals surface area (Å²) < 4.78 is 0. The van der Waals surface area contributed by atoms with Crippen molar-refractivity contribution in [2.45, 2.75) is 6.92 Å². The normalized spacial score (nSPS) is 9.86. The second-order valence-corrected chi connectivity index (χ2v) is 2.85.